The molecule has 88 valence electrons. The number of aliphatic carboxylic acids is 1. The van der Waals surface area contributed by atoms with E-state index in [0.29, 0.717) is 6.54 Å². The molecule has 0 unspecified atom stereocenters. The number of carbonyl (C=O) groups is 2. The van der Waals surface area contributed by atoms with E-state index in [1.807, 2.05) is 24.3 Å². The molecular weight excluding hydrogens is 218 g/mol. The Labute approximate surface area is 99.2 Å². The topological polar surface area (TPSA) is 57.6 Å². The summed E-state index contributed by atoms with van der Waals surface area (Å²) in [6, 6.07) is 7.68. The minimum atomic E-state index is -1.09. The van der Waals surface area contributed by atoms with Crippen LogP contribution in [0.3, 0.4) is 0 Å². The maximum Gasteiger partial charge on any atom is 0.328 e. The van der Waals surface area contributed by atoms with Gasteiger partial charge in [-0.15, -0.1) is 0 Å². The van der Waals surface area contributed by atoms with Crippen molar-refractivity contribution in [2.75, 3.05) is 11.4 Å². The van der Waals surface area contributed by atoms with E-state index in [0.717, 1.165) is 23.7 Å². The molecule has 0 fully saturated rings. The quantitative estimate of drug-likeness (QED) is 0.786. The zero-order chi connectivity index (χ0) is 12.4. The van der Waals surface area contributed by atoms with Gasteiger partial charge >= 0.3 is 5.97 Å². The van der Waals surface area contributed by atoms with E-state index in [1.165, 1.54) is 6.92 Å². The van der Waals surface area contributed by atoms with Crippen molar-refractivity contribution in [3.63, 3.8) is 0 Å². The average molecular weight is 231 g/mol. The molecule has 17 heavy (non-hydrogen) atoms. The molecule has 1 aromatic carbocycles. The lowest BCUT2D eigenvalue weighted by Gasteiger charge is -2.17. The summed E-state index contributed by atoms with van der Waals surface area (Å²) in [4.78, 5) is 24.2. The van der Waals surface area contributed by atoms with Crippen LogP contribution < -0.4 is 4.90 Å². The molecule has 1 N–H and O–H groups in total. The number of fused-ring (bicyclic) bond motifs is 1. The van der Waals surface area contributed by atoms with Gasteiger partial charge in [-0.2, -0.15) is 0 Å². The molecule has 0 radical (unpaired) electrons. The third-order valence-corrected chi connectivity index (χ3v) is 2.81. The number of anilines is 1. The first-order valence-electron chi connectivity index (χ1n) is 5.40. The Morgan fingerprint density at radius 1 is 1.35 bits per heavy atom. The number of carboxylic acid groups (broad SMARTS) is 1. The molecule has 0 aromatic heterocycles. The van der Waals surface area contributed by atoms with E-state index in [2.05, 4.69) is 0 Å². The van der Waals surface area contributed by atoms with Crippen molar-refractivity contribution >= 4 is 17.6 Å². The molecule has 1 aliphatic rings. The van der Waals surface area contributed by atoms with Gasteiger partial charge in [0.25, 0.3) is 5.91 Å². The highest BCUT2D eigenvalue weighted by atomic mass is 16.4. The molecule has 0 saturated heterocycles. The van der Waals surface area contributed by atoms with Crippen LogP contribution in [0.4, 0.5) is 5.69 Å². The van der Waals surface area contributed by atoms with Crippen molar-refractivity contribution in [2.24, 2.45) is 0 Å². The van der Waals surface area contributed by atoms with Gasteiger partial charge in [0.05, 0.1) is 0 Å². The summed E-state index contributed by atoms with van der Waals surface area (Å²) in [7, 11) is 0. The van der Waals surface area contributed by atoms with Gasteiger partial charge in [-0.25, -0.2) is 4.79 Å². The molecule has 0 spiro atoms. The van der Waals surface area contributed by atoms with Crippen molar-refractivity contribution in [3.8, 4) is 0 Å². The zero-order valence-corrected chi connectivity index (χ0v) is 9.51. The van der Waals surface area contributed by atoms with Crippen LogP contribution in [-0.2, 0) is 16.0 Å². The highest BCUT2D eigenvalue weighted by Gasteiger charge is 2.24. The van der Waals surface area contributed by atoms with E-state index in [9.17, 15) is 9.59 Å². The number of benzene rings is 1. The highest BCUT2D eigenvalue weighted by molar-refractivity contribution is 6.08. The monoisotopic (exact) mass is 231 g/mol. The minimum Gasteiger partial charge on any atom is -0.478 e. The number of carboxylic acids is 1. The van der Waals surface area contributed by atoms with E-state index < -0.39 is 5.97 Å². The molecule has 1 heterocycles. The fourth-order valence-electron chi connectivity index (χ4n) is 2.01. The van der Waals surface area contributed by atoms with Gasteiger partial charge in [-0.05, 0) is 25.0 Å². The normalized spacial score (nSPS) is 14.6. The Kier molecular flexibility index (Phi) is 2.95. The Bertz CT molecular complexity index is 505. The first kappa shape index (κ1) is 11.4. The molecule has 1 aliphatic heterocycles. The summed E-state index contributed by atoms with van der Waals surface area (Å²) in [5.41, 5.74) is 2.26. The number of carbonyl (C=O) groups excluding carboxylic acids is 1. The molecule has 0 aliphatic carbocycles. The largest absolute Gasteiger partial charge is 0.478 e. The Morgan fingerprint density at radius 3 is 2.76 bits per heavy atom. The van der Waals surface area contributed by atoms with Crippen molar-refractivity contribution in [1.82, 2.24) is 0 Å². The van der Waals surface area contributed by atoms with Crippen LogP contribution in [0.5, 0.6) is 0 Å². The van der Waals surface area contributed by atoms with E-state index in [4.69, 9.17) is 5.11 Å². The third kappa shape index (κ3) is 2.20. The number of para-hydroxylation sites is 1. The van der Waals surface area contributed by atoms with Gasteiger partial charge in [-0.3, -0.25) is 4.79 Å². The van der Waals surface area contributed by atoms with E-state index in [1.54, 1.807) is 4.90 Å². The van der Waals surface area contributed by atoms with Gasteiger partial charge in [0, 0.05) is 23.9 Å². The third-order valence-electron chi connectivity index (χ3n) is 2.81. The molecule has 0 bridgehead atoms. The molecular formula is C13H13NO3. The summed E-state index contributed by atoms with van der Waals surface area (Å²) in [5.74, 6) is -1.33. The van der Waals surface area contributed by atoms with Crippen molar-refractivity contribution in [3.05, 3.63) is 41.5 Å². The Balaban J connectivity index is 2.27. The summed E-state index contributed by atoms with van der Waals surface area (Å²) in [5, 5.41) is 8.62. The predicted molar refractivity (Wildman–Crippen MR) is 63.9 cm³/mol. The van der Waals surface area contributed by atoms with Crippen LogP contribution in [0.25, 0.3) is 0 Å². The smallest absolute Gasteiger partial charge is 0.328 e. The van der Waals surface area contributed by atoms with Gasteiger partial charge in [0.15, 0.2) is 0 Å². The van der Waals surface area contributed by atoms with Crippen LogP contribution in [0.2, 0.25) is 0 Å². The van der Waals surface area contributed by atoms with Gasteiger partial charge in [0.1, 0.15) is 0 Å². The molecule has 4 heteroatoms. The lowest BCUT2D eigenvalue weighted by Crippen LogP contribution is -2.29. The van der Waals surface area contributed by atoms with Crippen LogP contribution in [0, 0.1) is 0 Å². The van der Waals surface area contributed by atoms with Gasteiger partial charge in [-0.1, -0.05) is 18.2 Å². The number of nitrogens with zero attached hydrogens (tertiary/aromatic N) is 1. The number of amides is 1. The summed E-state index contributed by atoms with van der Waals surface area (Å²) in [6.07, 6.45) is 1.77. The molecule has 1 amide bonds. The summed E-state index contributed by atoms with van der Waals surface area (Å²) >= 11 is 0. The molecule has 1 aromatic rings. The van der Waals surface area contributed by atoms with Crippen molar-refractivity contribution in [2.45, 2.75) is 13.3 Å². The van der Waals surface area contributed by atoms with Crippen LogP contribution in [0.1, 0.15) is 12.5 Å². The molecule has 2 rings (SSSR count). The maximum absolute atomic E-state index is 12.0. The van der Waals surface area contributed by atoms with Crippen LogP contribution in [-0.4, -0.2) is 23.5 Å². The molecule has 0 atom stereocenters. The lowest BCUT2D eigenvalue weighted by atomic mass is 10.2. The molecule has 4 nitrogen and oxygen atoms in total. The highest BCUT2D eigenvalue weighted by Crippen LogP contribution is 2.28. The fraction of sp³-hybridized carbons (Fsp3) is 0.231. The molecule has 0 saturated carbocycles. The standard InChI is InChI=1S/C13H13NO3/c1-9(8-12(15)16)13(17)14-7-6-10-4-2-3-5-11(10)14/h2-5,8H,6-7H2,1H3,(H,15,16)/b9-8+. The second-order valence-corrected chi connectivity index (χ2v) is 4.00. The van der Waals surface area contributed by atoms with Crippen molar-refractivity contribution in [1.29, 1.82) is 0 Å². The minimum absolute atomic E-state index is 0.239. The van der Waals surface area contributed by atoms with E-state index in [-0.39, 0.29) is 11.5 Å². The van der Waals surface area contributed by atoms with Crippen LogP contribution in [0.15, 0.2) is 35.9 Å². The Morgan fingerprint density at radius 2 is 2.06 bits per heavy atom. The first-order valence-corrected chi connectivity index (χ1v) is 5.40. The van der Waals surface area contributed by atoms with Crippen molar-refractivity contribution < 1.29 is 14.7 Å². The van der Waals surface area contributed by atoms with Gasteiger partial charge < -0.3 is 10.0 Å². The predicted octanol–water partition coefficient (Wildman–Crippen LogP) is 1.61. The fourth-order valence-corrected chi connectivity index (χ4v) is 2.01. The average Bonchev–Trinajstić information content (AvgIpc) is 2.70. The second kappa shape index (κ2) is 4.41. The first-order chi connectivity index (χ1) is 8.09. The maximum atomic E-state index is 12.0. The second-order valence-electron chi connectivity index (χ2n) is 4.00. The Hall–Kier alpha value is -2.10. The number of hydrogen-bond donors (Lipinski definition) is 1. The van der Waals surface area contributed by atoms with E-state index >= 15 is 0 Å². The van der Waals surface area contributed by atoms with Crippen LogP contribution >= 0.6 is 0 Å². The van der Waals surface area contributed by atoms with Gasteiger partial charge in [0.2, 0.25) is 0 Å². The number of rotatable bonds is 2. The zero-order valence-electron chi connectivity index (χ0n) is 9.51. The summed E-state index contributed by atoms with van der Waals surface area (Å²) < 4.78 is 0. The number of hydrogen-bond acceptors (Lipinski definition) is 2. The SMILES string of the molecule is C/C(=C\C(=O)O)C(=O)N1CCc2ccccc21. The summed E-state index contributed by atoms with van der Waals surface area (Å²) in [6.45, 7) is 2.14. The lowest BCUT2D eigenvalue weighted by molar-refractivity contribution is -0.131.